The molecule has 0 amide bonds. The number of aromatic nitrogens is 4. The van der Waals surface area contributed by atoms with Gasteiger partial charge >= 0.3 is 0 Å². The molecule has 36 heavy (non-hydrogen) atoms. The minimum Gasteiger partial charge on any atom is -0.351 e. The first kappa shape index (κ1) is 22.2. The second kappa shape index (κ2) is 9.79. The van der Waals surface area contributed by atoms with Gasteiger partial charge in [-0.1, -0.05) is 60.7 Å². The van der Waals surface area contributed by atoms with Crippen LogP contribution in [0.15, 0.2) is 91.0 Å². The Balaban J connectivity index is 1.30. The molecule has 1 N–H and O–H groups in total. The van der Waals surface area contributed by atoms with Crippen LogP contribution in [-0.4, -0.2) is 50.8 Å². The summed E-state index contributed by atoms with van der Waals surface area (Å²) in [5.74, 6) is 2.50. The van der Waals surface area contributed by atoms with Crippen molar-refractivity contribution >= 4 is 28.5 Å². The fourth-order valence-corrected chi connectivity index (χ4v) is 4.73. The van der Waals surface area contributed by atoms with Crippen molar-refractivity contribution in [3.05, 3.63) is 102 Å². The van der Waals surface area contributed by atoms with Gasteiger partial charge in [0.25, 0.3) is 0 Å². The summed E-state index contributed by atoms with van der Waals surface area (Å²) in [4.78, 5) is 14.9. The highest BCUT2D eigenvalue weighted by molar-refractivity contribution is 5.82. The van der Waals surface area contributed by atoms with Crippen LogP contribution < -0.4 is 10.2 Å². The molecule has 0 bridgehead atoms. The first-order valence-electron chi connectivity index (χ1n) is 12.4. The Bertz CT molecular complexity index is 1460. The summed E-state index contributed by atoms with van der Waals surface area (Å²) < 4.78 is 1.92. The van der Waals surface area contributed by atoms with Gasteiger partial charge in [-0.3, -0.25) is 4.90 Å². The minimum atomic E-state index is 0.752. The van der Waals surface area contributed by atoms with E-state index in [0.29, 0.717) is 0 Å². The van der Waals surface area contributed by atoms with E-state index in [4.69, 9.17) is 15.1 Å². The van der Waals surface area contributed by atoms with Crippen LogP contribution in [0.3, 0.4) is 0 Å². The smallest absolute Gasteiger partial charge is 0.175 e. The van der Waals surface area contributed by atoms with Crippen LogP contribution in [0.5, 0.6) is 0 Å². The molecule has 0 unspecified atom stereocenters. The summed E-state index contributed by atoms with van der Waals surface area (Å²) in [6, 6.07) is 30.9. The summed E-state index contributed by atoms with van der Waals surface area (Å²) in [6.07, 6.45) is 0. The van der Waals surface area contributed by atoms with Gasteiger partial charge in [0.05, 0.1) is 22.4 Å². The van der Waals surface area contributed by atoms with Crippen molar-refractivity contribution in [2.24, 2.45) is 0 Å². The molecule has 180 valence electrons. The summed E-state index contributed by atoms with van der Waals surface area (Å²) >= 11 is 0. The molecule has 1 saturated heterocycles. The van der Waals surface area contributed by atoms with Crippen molar-refractivity contribution in [1.82, 2.24) is 24.6 Å². The molecule has 0 aliphatic carbocycles. The average molecular weight is 476 g/mol. The first-order valence-corrected chi connectivity index (χ1v) is 12.4. The third-order valence-electron chi connectivity index (χ3n) is 6.55. The number of rotatable bonds is 6. The molecule has 6 rings (SSSR count). The fourth-order valence-electron chi connectivity index (χ4n) is 4.73. The van der Waals surface area contributed by atoms with Crippen LogP contribution in [0.1, 0.15) is 11.3 Å². The van der Waals surface area contributed by atoms with Crippen LogP contribution in [0.25, 0.3) is 16.7 Å². The van der Waals surface area contributed by atoms with Gasteiger partial charge in [-0.15, -0.1) is 0 Å². The summed E-state index contributed by atoms with van der Waals surface area (Å²) in [7, 11) is 0. The molecule has 0 atom stereocenters. The number of benzene rings is 3. The van der Waals surface area contributed by atoms with Gasteiger partial charge < -0.3 is 10.2 Å². The Kier molecular flexibility index (Phi) is 6.05. The zero-order valence-electron chi connectivity index (χ0n) is 20.4. The Morgan fingerprint density at radius 3 is 2.11 bits per heavy atom. The second-order valence-electron chi connectivity index (χ2n) is 9.18. The number of fused-ring (bicyclic) bond motifs is 1. The Hall–Kier alpha value is -4.23. The highest BCUT2D eigenvalue weighted by atomic mass is 15.4. The highest BCUT2D eigenvalue weighted by Crippen LogP contribution is 2.30. The SMILES string of the molecule is Cc1cc(Nc2nc3ccccc3nc2N2CCN(Cc3ccccc3)CC2)n(-c2ccccc2)n1. The maximum Gasteiger partial charge on any atom is 0.175 e. The van der Waals surface area contributed by atoms with Crippen LogP contribution in [0, 0.1) is 6.92 Å². The van der Waals surface area contributed by atoms with E-state index in [0.717, 1.165) is 72.6 Å². The summed E-state index contributed by atoms with van der Waals surface area (Å²) in [5.41, 5.74) is 5.05. The number of aryl methyl sites for hydroxylation is 1. The number of anilines is 3. The molecule has 1 fully saturated rings. The lowest BCUT2D eigenvalue weighted by molar-refractivity contribution is 0.249. The standard InChI is InChI=1S/C29H29N7/c1-22-20-27(36(33-22)24-12-6-3-7-13-24)32-28-29(31-26-15-9-8-14-25(26)30-28)35-18-16-34(17-19-35)21-23-10-4-2-5-11-23/h2-15,20H,16-19,21H2,1H3,(H,30,32). The third kappa shape index (κ3) is 4.65. The van der Waals surface area contributed by atoms with Gasteiger partial charge in [-0.2, -0.15) is 5.10 Å². The molecule has 1 aliphatic heterocycles. The average Bonchev–Trinajstić information content (AvgIpc) is 3.29. The molecular weight excluding hydrogens is 446 g/mol. The van der Waals surface area contributed by atoms with Crippen LogP contribution in [-0.2, 0) is 6.54 Å². The Morgan fingerprint density at radius 2 is 1.39 bits per heavy atom. The predicted molar refractivity (Wildman–Crippen MR) is 145 cm³/mol. The Morgan fingerprint density at radius 1 is 0.750 bits per heavy atom. The number of nitrogens with one attached hydrogen (secondary N) is 1. The van der Waals surface area contributed by atoms with Gasteiger partial charge in [0.2, 0.25) is 0 Å². The van der Waals surface area contributed by atoms with E-state index in [9.17, 15) is 0 Å². The van der Waals surface area contributed by atoms with E-state index in [-0.39, 0.29) is 0 Å². The molecule has 5 aromatic rings. The van der Waals surface area contributed by atoms with Gasteiger partial charge in [0.15, 0.2) is 11.6 Å². The molecule has 3 aromatic carbocycles. The number of nitrogens with zero attached hydrogens (tertiary/aromatic N) is 6. The van der Waals surface area contributed by atoms with Crippen molar-refractivity contribution in [3.63, 3.8) is 0 Å². The lowest BCUT2D eigenvalue weighted by Gasteiger charge is -2.36. The van der Waals surface area contributed by atoms with Gasteiger partial charge in [-0.25, -0.2) is 14.6 Å². The molecule has 1 aliphatic rings. The second-order valence-corrected chi connectivity index (χ2v) is 9.18. The van der Waals surface area contributed by atoms with Crippen molar-refractivity contribution in [2.75, 3.05) is 36.4 Å². The molecule has 0 saturated carbocycles. The third-order valence-corrected chi connectivity index (χ3v) is 6.55. The number of hydrogen-bond acceptors (Lipinski definition) is 6. The normalized spacial score (nSPS) is 14.3. The number of piperazine rings is 1. The van der Waals surface area contributed by atoms with Gasteiger partial charge in [0.1, 0.15) is 5.82 Å². The monoisotopic (exact) mass is 475 g/mol. The molecule has 7 nitrogen and oxygen atoms in total. The zero-order valence-corrected chi connectivity index (χ0v) is 20.4. The minimum absolute atomic E-state index is 0.752. The van der Waals surface area contributed by atoms with Crippen molar-refractivity contribution < 1.29 is 0 Å². The zero-order chi connectivity index (χ0) is 24.3. The van der Waals surface area contributed by atoms with E-state index in [1.54, 1.807) is 0 Å². The van der Waals surface area contributed by atoms with Crippen molar-refractivity contribution in [2.45, 2.75) is 13.5 Å². The van der Waals surface area contributed by atoms with Crippen LogP contribution in [0.4, 0.5) is 17.5 Å². The molecule has 3 heterocycles. The van der Waals surface area contributed by atoms with Crippen molar-refractivity contribution in [1.29, 1.82) is 0 Å². The van der Waals surface area contributed by atoms with Gasteiger partial charge in [0, 0.05) is 38.8 Å². The Labute approximate surface area is 211 Å². The fraction of sp³-hybridized carbons (Fsp3) is 0.207. The molecule has 0 radical (unpaired) electrons. The van der Waals surface area contributed by atoms with E-state index in [2.05, 4.69) is 57.6 Å². The predicted octanol–water partition coefficient (Wildman–Crippen LogP) is 5.19. The number of hydrogen-bond donors (Lipinski definition) is 1. The largest absolute Gasteiger partial charge is 0.351 e. The highest BCUT2D eigenvalue weighted by Gasteiger charge is 2.23. The first-order chi connectivity index (χ1) is 17.7. The van der Waals surface area contributed by atoms with Gasteiger partial charge in [-0.05, 0) is 36.8 Å². The lowest BCUT2D eigenvalue weighted by Crippen LogP contribution is -2.46. The van der Waals surface area contributed by atoms with E-state index < -0.39 is 0 Å². The van der Waals surface area contributed by atoms with E-state index in [1.165, 1.54) is 5.56 Å². The summed E-state index contributed by atoms with van der Waals surface area (Å²) in [5, 5.41) is 8.29. The lowest BCUT2D eigenvalue weighted by atomic mass is 10.2. The quantitative estimate of drug-likeness (QED) is 0.365. The van der Waals surface area contributed by atoms with E-state index >= 15 is 0 Å². The maximum absolute atomic E-state index is 5.07. The topological polar surface area (TPSA) is 62.1 Å². The van der Waals surface area contributed by atoms with Crippen LogP contribution >= 0.6 is 0 Å². The molecule has 0 spiro atoms. The summed E-state index contributed by atoms with van der Waals surface area (Å²) in [6.45, 7) is 6.72. The van der Waals surface area contributed by atoms with E-state index in [1.807, 2.05) is 60.1 Å². The maximum atomic E-state index is 5.07. The van der Waals surface area contributed by atoms with Crippen molar-refractivity contribution in [3.8, 4) is 5.69 Å². The molecular formula is C29H29N7. The van der Waals surface area contributed by atoms with Crippen LogP contribution in [0.2, 0.25) is 0 Å². The molecule has 7 heteroatoms. The molecule has 2 aromatic heterocycles. The number of para-hydroxylation sites is 3.